The summed E-state index contributed by atoms with van der Waals surface area (Å²) < 4.78 is 50.0. The van der Waals surface area contributed by atoms with Crippen molar-refractivity contribution in [2.75, 3.05) is 0 Å². The number of hydrogen-bond donors (Lipinski definition) is 0. The maximum Gasteiger partial charge on any atom is 0.494 e. The van der Waals surface area contributed by atoms with E-state index in [0.717, 1.165) is 71.2 Å². The summed E-state index contributed by atoms with van der Waals surface area (Å²) in [6.07, 6.45) is 0. The van der Waals surface area contributed by atoms with Crippen LogP contribution in [0.25, 0.3) is 66.8 Å². The van der Waals surface area contributed by atoms with Gasteiger partial charge in [0.05, 0.1) is 33.6 Å². The quantitative estimate of drug-likeness (QED) is 0.152. The minimum Gasteiger partial charge on any atom is -0.455 e. The molecule has 8 aromatic rings. The van der Waals surface area contributed by atoms with Gasteiger partial charge in [-0.2, -0.15) is 0 Å². The summed E-state index contributed by atoms with van der Waals surface area (Å²) in [5.41, 5.74) is 7.25. The Morgan fingerprint density at radius 2 is 0.676 bits per heavy atom. The lowest BCUT2D eigenvalue weighted by Crippen LogP contribution is -2.41. The standard InChI is InChI=1S/C26H25BO3.C20H13BrO.C12H24B2O4.CH4.H2/c1-25(2)26(3,4)30-27(29-25)20-15-16-22-21(17-20)23(18-11-7-5-8-12-18)24(28-22)19-13-9-6-10-14-19;21-16-11-12-18-17(13-16)19(14-7-3-1-4-8-14)20(22-18)15-9-5-2-6-10-15;1-9(2)10(3,4)16-13(15-9)14-17-11(5,6)12(7,8)18-14;;/h5-17H,1-4H3;1-13H;1-8H3;1H4;1H. The molecule has 0 spiro atoms. The summed E-state index contributed by atoms with van der Waals surface area (Å²) in [6.45, 7) is 24.5. The molecule has 12 heteroatoms. The molecular formula is C59H68B3BrO8. The van der Waals surface area contributed by atoms with E-state index < -0.39 is 21.1 Å². The van der Waals surface area contributed by atoms with Crippen LogP contribution in [-0.4, -0.2) is 54.7 Å². The summed E-state index contributed by atoms with van der Waals surface area (Å²) in [6, 6.07) is 53.6. The molecule has 0 N–H and O–H groups in total. The first-order valence-corrected chi connectivity index (χ1v) is 24.9. The molecule has 0 aliphatic carbocycles. The Labute approximate surface area is 431 Å². The number of rotatable bonds is 6. The molecule has 8 nitrogen and oxygen atoms in total. The summed E-state index contributed by atoms with van der Waals surface area (Å²) in [5.74, 6) is 1.79. The Hall–Kier alpha value is -5.17. The lowest BCUT2D eigenvalue weighted by atomic mass is 9.49. The SMILES string of the molecule is Brc1ccc2oc(-c3ccccc3)c(-c3ccccc3)c2c1.C.CC1(C)OB(B2OC(C)(C)C(C)(C)O2)OC1(C)C.CC1(C)OB(c2ccc3oc(-c4ccccc4)c(-c4ccccc4)c3c2)OC1(C)C.[HH]. The maximum atomic E-state index is 6.36. The van der Waals surface area contributed by atoms with Crippen LogP contribution in [0.2, 0.25) is 0 Å². The summed E-state index contributed by atoms with van der Waals surface area (Å²) in [7, 11) is -1.36. The van der Waals surface area contributed by atoms with Gasteiger partial charge in [-0.3, -0.25) is 0 Å². The Bertz CT molecular complexity index is 3020. The molecule has 0 unspecified atom stereocenters. The van der Waals surface area contributed by atoms with E-state index in [1.54, 1.807) is 0 Å². The molecule has 71 heavy (non-hydrogen) atoms. The summed E-state index contributed by atoms with van der Waals surface area (Å²) in [5, 5.41) is 2.19. The predicted octanol–water partition coefficient (Wildman–Crippen LogP) is 15.7. The first-order valence-electron chi connectivity index (χ1n) is 24.1. The van der Waals surface area contributed by atoms with E-state index in [2.05, 4.69) is 129 Å². The first-order chi connectivity index (χ1) is 33.1. The Balaban J connectivity index is 0.000000162. The molecular weight excluding hydrogens is 949 g/mol. The van der Waals surface area contributed by atoms with Crippen LogP contribution in [-0.2, 0) is 27.9 Å². The Morgan fingerprint density at radius 1 is 0.366 bits per heavy atom. The van der Waals surface area contributed by atoms with Crippen LogP contribution in [0.1, 0.15) is 91.9 Å². The van der Waals surface area contributed by atoms with Crippen LogP contribution in [0.15, 0.2) is 171 Å². The molecule has 3 saturated heterocycles. The van der Waals surface area contributed by atoms with Gasteiger partial charge in [-0.15, -0.1) is 0 Å². The highest BCUT2D eigenvalue weighted by molar-refractivity contribution is 9.10. The molecule has 11 rings (SSSR count). The smallest absolute Gasteiger partial charge is 0.455 e. The highest BCUT2D eigenvalue weighted by atomic mass is 79.9. The molecule has 0 bridgehead atoms. The minimum atomic E-state index is -0.476. The fourth-order valence-electron chi connectivity index (χ4n) is 8.68. The predicted molar refractivity (Wildman–Crippen MR) is 299 cm³/mol. The van der Waals surface area contributed by atoms with Gasteiger partial charge >= 0.3 is 21.1 Å². The average molecular weight is 1020 g/mol. The minimum absolute atomic E-state index is 0. The molecule has 3 fully saturated rings. The zero-order chi connectivity index (χ0) is 49.9. The molecule has 0 amide bonds. The summed E-state index contributed by atoms with van der Waals surface area (Å²) in [4.78, 5) is 0. The molecule has 2 aromatic heterocycles. The van der Waals surface area contributed by atoms with Crippen LogP contribution in [0.5, 0.6) is 0 Å². The van der Waals surface area contributed by atoms with Crippen LogP contribution < -0.4 is 5.46 Å². The third-order valence-corrected chi connectivity index (χ3v) is 15.3. The second kappa shape index (κ2) is 19.7. The van der Waals surface area contributed by atoms with E-state index in [0.29, 0.717) is 0 Å². The molecule has 368 valence electrons. The van der Waals surface area contributed by atoms with Gasteiger partial charge in [0, 0.05) is 38.9 Å². The number of hydrogen-bond acceptors (Lipinski definition) is 8. The van der Waals surface area contributed by atoms with E-state index in [1.807, 2.05) is 128 Å². The van der Waals surface area contributed by atoms with Crippen LogP contribution >= 0.6 is 15.9 Å². The van der Waals surface area contributed by atoms with Crippen molar-refractivity contribution in [1.29, 1.82) is 0 Å². The van der Waals surface area contributed by atoms with Gasteiger partial charge in [0.25, 0.3) is 0 Å². The van der Waals surface area contributed by atoms with E-state index >= 15 is 0 Å². The molecule has 3 aliphatic rings. The van der Waals surface area contributed by atoms with Gasteiger partial charge in [-0.25, -0.2) is 0 Å². The van der Waals surface area contributed by atoms with Gasteiger partial charge in [-0.05, 0) is 124 Å². The van der Waals surface area contributed by atoms with Crippen molar-refractivity contribution in [1.82, 2.24) is 0 Å². The lowest BCUT2D eigenvalue weighted by Gasteiger charge is -2.32. The lowest BCUT2D eigenvalue weighted by molar-refractivity contribution is 0.00578. The van der Waals surface area contributed by atoms with E-state index in [-0.39, 0.29) is 42.5 Å². The van der Waals surface area contributed by atoms with Crippen molar-refractivity contribution in [3.05, 3.63) is 162 Å². The second-order valence-corrected chi connectivity index (χ2v) is 22.2. The zero-order valence-corrected chi connectivity index (χ0v) is 44.0. The zero-order valence-electron chi connectivity index (χ0n) is 42.4. The van der Waals surface area contributed by atoms with Crippen LogP contribution in [0.3, 0.4) is 0 Å². The van der Waals surface area contributed by atoms with E-state index in [9.17, 15) is 0 Å². The van der Waals surface area contributed by atoms with Crippen LogP contribution in [0, 0.1) is 0 Å². The molecule has 0 radical (unpaired) electrons. The fourth-order valence-corrected chi connectivity index (χ4v) is 9.04. The molecule has 0 atom stereocenters. The highest BCUT2D eigenvalue weighted by Gasteiger charge is 2.63. The number of halogens is 1. The maximum absolute atomic E-state index is 6.36. The van der Waals surface area contributed by atoms with E-state index in [1.165, 1.54) is 5.56 Å². The fraction of sp³-hybridized carbons (Fsp3) is 0.322. The third kappa shape index (κ3) is 10.3. The molecule has 3 aliphatic heterocycles. The molecule has 5 heterocycles. The Morgan fingerprint density at radius 3 is 1.04 bits per heavy atom. The topological polar surface area (TPSA) is 81.7 Å². The number of benzene rings is 6. The third-order valence-electron chi connectivity index (χ3n) is 14.8. The van der Waals surface area contributed by atoms with Gasteiger partial charge in [0.1, 0.15) is 22.7 Å². The van der Waals surface area contributed by atoms with Crippen molar-refractivity contribution in [3.63, 3.8) is 0 Å². The van der Waals surface area contributed by atoms with Crippen molar-refractivity contribution >= 4 is 64.5 Å². The highest BCUT2D eigenvalue weighted by Crippen LogP contribution is 2.45. The van der Waals surface area contributed by atoms with Gasteiger partial charge < -0.3 is 36.8 Å². The number of furan rings is 2. The monoisotopic (exact) mass is 1020 g/mol. The Kier molecular flexibility index (Phi) is 14.5. The van der Waals surface area contributed by atoms with E-state index in [4.69, 9.17) is 36.8 Å². The second-order valence-electron chi connectivity index (χ2n) is 21.3. The van der Waals surface area contributed by atoms with Crippen molar-refractivity contribution < 1.29 is 38.2 Å². The normalized spacial score (nSPS) is 18.9. The summed E-state index contributed by atoms with van der Waals surface area (Å²) >= 11 is 3.56. The largest absolute Gasteiger partial charge is 0.494 e. The molecule has 0 saturated carbocycles. The van der Waals surface area contributed by atoms with Gasteiger partial charge in [0.15, 0.2) is 0 Å². The first kappa shape index (κ1) is 52.2. The van der Waals surface area contributed by atoms with Crippen LogP contribution in [0.4, 0.5) is 0 Å². The van der Waals surface area contributed by atoms with Gasteiger partial charge in [-0.1, -0.05) is 157 Å². The average Bonchev–Trinajstić information content (AvgIpc) is 4.07. The van der Waals surface area contributed by atoms with Crippen molar-refractivity contribution in [3.8, 4) is 44.9 Å². The molecule has 6 aromatic carbocycles. The van der Waals surface area contributed by atoms with Gasteiger partial charge in [0.2, 0.25) is 0 Å². The van der Waals surface area contributed by atoms with Crippen molar-refractivity contribution in [2.24, 2.45) is 0 Å². The number of fused-ring (bicyclic) bond motifs is 2. The van der Waals surface area contributed by atoms with Crippen molar-refractivity contribution in [2.45, 2.75) is 124 Å².